The molecule has 1 saturated heterocycles. The van der Waals surface area contributed by atoms with Crippen molar-refractivity contribution in [3.63, 3.8) is 0 Å². The molecule has 1 aliphatic heterocycles. The third kappa shape index (κ3) is 3.83. The van der Waals surface area contributed by atoms with Gasteiger partial charge in [0.1, 0.15) is 0 Å². The van der Waals surface area contributed by atoms with E-state index in [1.54, 1.807) is 0 Å². The van der Waals surface area contributed by atoms with Crippen LogP contribution in [0.1, 0.15) is 32.3 Å². The molecule has 1 aromatic carbocycles. The van der Waals surface area contributed by atoms with Crippen molar-refractivity contribution in [2.45, 2.75) is 38.8 Å². The van der Waals surface area contributed by atoms with Gasteiger partial charge >= 0.3 is 5.97 Å². The molecule has 116 valence electrons. The molecule has 1 heterocycles. The molecular weight excluding hydrogens is 266 g/mol. The molecule has 1 aliphatic rings. The first-order valence-electron chi connectivity index (χ1n) is 7.64. The second-order valence-electron chi connectivity index (χ2n) is 6.43. The van der Waals surface area contributed by atoms with Crippen molar-refractivity contribution in [2.24, 2.45) is 11.8 Å². The molecule has 0 bridgehead atoms. The van der Waals surface area contributed by atoms with Crippen molar-refractivity contribution in [3.05, 3.63) is 35.9 Å². The lowest BCUT2D eigenvalue weighted by atomic mass is 9.74. The highest BCUT2D eigenvalue weighted by Gasteiger charge is 2.45. The molecule has 4 heteroatoms. The molecule has 0 spiro atoms. The van der Waals surface area contributed by atoms with E-state index in [9.17, 15) is 15.0 Å². The van der Waals surface area contributed by atoms with E-state index in [0.717, 1.165) is 19.6 Å². The summed E-state index contributed by atoms with van der Waals surface area (Å²) >= 11 is 0. The summed E-state index contributed by atoms with van der Waals surface area (Å²) in [6.07, 6.45) is 1.05. The van der Waals surface area contributed by atoms with Crippen LogP contribution in [0.15, 0.2) is 30.3 Å². The average molecular weight is 291 g/mol. The highest BCUT2D eigenvalue weighted by Crippen LogP contribution is 2.35. The van der Waals surface area contributed by atoms with E-state index in [2.05, 4.69) is 17.0 Å². The van der Waals surface area contributed by atoms with Crippen LogP contribution in [-0.4, -0.2) is 39.8 Å². The average Bonchev–Trinajstić information content (AvgIpc) is 2.42. The number of carboxylic acid groups (broad SMARTS) is 1. The fourth-order valence-corrected chi connectivity index (χ4v) is 3.39. The number of carboxylic acids is 1. The van der Waals surface area contributed by atoms with Crippen molar-refractivity contribution in [3.8, 4) is 0 Å². The standard InChI is InChI=1S/C17H25NO3/c1-13(2)15(16(19)20)17(21)8-10-18(11-9-17)12-14-6-4-3-5-7-14/h3-7,13,15,21H,8-12H2,1-2H3,(H,19,20). The molecule has 0 saturated carbocycles. The highest BCUT2D eigenvalue weighted by atomic mass is 16.4. The maximum Gasteiger partial charge on any atom is 0.309 e. The Labute approximate surface area is 126 Å². The zero-order valence-corrected chi connectivity index (χ0v) is 12.8. The number of aliphatic hydroxyl groups is 1. The van der Waals surface area contributed by atoms with Gasteiger partial charge in [-0.05, 0) is 24.3 Å². The Morgan fingerprint density at radius 1 is 1.24 bits per heavy atom. The zero-order chi connectivity index (χ0) is 15.5. The number of piperidine rings is 1. The molecular formula is C17H25NO3. The van der Waals surface area contributed by atoms with Gasteiger partial charge in [0, 0.05) is 19.6 Å². The number of hydrogen-bond donors (Lipinski definition) is 2. The van der Waals surface area contributed by atoms with Crippen LogP contribution < -0.4 is 0 Å². The fourth-order valence-electron chi connectivity index (χ4n) is 3.39. The summed E-state index contributed by atoms with van der Waals surface area (Å²) in [7, 11) is 0. The Balaban J connectivity index is 1.97. The first-order chi connectivity index (χ1) is 9.92. The molecule has 21 heavy (non-hydrogen) atoms. The monoisotopic (exact) mass is 291 g/mol. The maximum absolute atomic E-state index is 11.4. The Morgan fingerprint density at radius 2 is 1.81 bits per heavy atom. The molecule has 2 N–H and O–H groups in total. The van der Waals surface area contributed by atoms with Crippen LogP contribution in [0.3, 0.4) is 0 Å². The van der Waals surface area contributed by atoms with E-state index < -0.39 is 17.5 Å². The van der Waals surface area contributed by atoms with E-state index in [1.165, 1.54) is 5.56 Å². The van der Waals surface area contributed by atoms with E-state index in [4.69, 9.17) is 0 Å². The third-order valence-electron chi connectivity index (χ3n) is 4.48. The molecule has 1 fully saturated rings. The Morgan fingerprint density at radius 3 is 2.29 bits per heavy atom. The molecule has 1 atom stereocenters. The molecule has 1 unspecified atom stereocenters. The minimum atomic E-state index is -1.08. The van der Waals surface area contributed by atoms with Crippen LogP contribution >= 0.6 is 0 Å². The van der Waals surface area contributed by atoms with Crippen LogP contribution in [0.4, 0.5) is 0 Å². The van der Waals surface area contributed by atoms with E-state index in [0.29, 0.717) is 12.8 Å². The van der Waals surface area contributed by atoms with Crippen LogP contribution in [0.2, 0.25) is 0 Å². The highest BCUT2D eigenvalue weighted by molar-refractivity contribution is 5.71. The molecule has 4 nitrogen and oxygen atoms in total. The second kappa shape index (κ2) is 6.58. The zero-order valence-electron chi connectivity index (χ0n) is 12.8. The number of likely N-dealkylation sites (tertiary alicyclic amines) is 1. The lowest BCUT2D eigenvalue weighted by Gasteiger charge is -2.42. The van der Waals surface area contributed by atoms with Crippen molar-refractivity contribution >= 4 is 5.97 Å². The van der Waals surface area contributed by atoms with E-state index in [1.807, 2.05) is 32.0 Å². The van der Waals surface area contributed by atoms with Gasteiger partial charge in [-0.15, -0.1) is 0 Å². The number of carbonyl (C=O) groups is 1. The number of benzene rings is 1. The van der Waals surface area contributed by atoms with Gasteiger partial charge in [-0.25, -0.2) is 0 Å². The van der Waals surface area contributed by atoms with Crippen LogP contribution in [0.5, 0.6) is 0 Å². The van der Waals surface area contributed by atoms with Gasteiger partial charge in [-0.3, -0.25) is 9.69 Å². The van der Waals surface area contributed by atoms with Crippen LogP contribution in [-0.2, 0) is 11.3 Å². The normalized spacial score (nSPS) is 20.4. The van der Waals surface area contributed by atoms with Crippen LogP contribution in [0, 0.1) is 11.8 Å². The number of hydrogen-bond acceptors (Lipinski definition) is 3. The molecule has 0 aromatic heterocycles. The van der Waals surface area contributed by atoms with Crippen LogP contribution in [0.25, 0.3) is 0 Å². The first kappa shape index (κ1) is 16.0. The van der Waals surface area contributed by atoms with E-state index in [-0.39, 0.29) is 5.92 Å². The topological polar surface area (TPSA) is 60.8 Å². The predicted octanol–water partition coefficient (Wildman–Crippen LogP) is 2.37. The number of aliphatic carboxylic acids is 1. The second-order valence-corrected chi connectivity index (χ2v) is 6.43. The molecule has 0 radical (unpaired) electrons. The Kier molecular flexibility index (Phi) is 5.01. The Bertz CT molecular complexity index is 464. The van der Waals surface area contributed by atoms with Crippen molar-refractivity contribution in [1.29, 1.82) is 0 Å². The van der Waals surface area contributed by atoms with Gasteiger partial charge in [0.15, 0.2) is 0 Å². The lowest BCUT2D eigenvalue weighted by Crippen LogP contribution is -2.52. The number of nitrogens with zero attached hydrogens (tertiary/aromatic N) is 1. The summed E-state index contributed by atoms with van der Waals surface area (Å²) in [6, 6.07) is 10.2. The van der Waals surface area contributed by atoms with Gasteiger partial charge in [-0.2, -0.15) is 0 Å². The summed E-state index contributed by atoms with van der Waals surface area (Å²) in [5, 5.41) is 20.1. The molecule has 0 aliphatic carbocycles. The predicted molar refractivity (Wildman–Crippen MR) is 81.9 cm³/mol. The maximum atomic E-state index is 11.4. The summed E-state index contributed by atoms with van der Waals surface area (Å²) in [5.41, 5.74) is 0.175. The minimum Gasteiger partial charge on any atom is -0.481 e. The SMILES string of the molecule is CC(C)C(C(=O)O)C1(O)CCN(Cc2ccccc2)CC1. The summed E-state index contributed by atoms with van der Waals surface area (Å²) in [6.45, 7) is 6.07. The Hall–Kier alpha value is -1.39. The van der Waals surface area contributed by atoms with Gasteiger partial charge in [0.25, 0.3) is 0 Å². The molecule has 1 aromatic rings. The first-order valence-corrected chi connectivity index (χ1v) is 7.64. The summed E-state index contributed by atoms with van der Waals surface area (Å²) in [5.74, 6) is -1.63. The van der Waals surface area contributed by atoms with Crippen molar-refractivity contribution in [2.75, 3.05) is 13.1 Å². The smallest absolute Gasteiger partial charge is 0.309 e. The quantitative estimate of drug-likeness (QED) is 0.874. The van der Waals surface area contributed by atoms with E-state index >= 15 is 0 Å². The minimum absolute atomic E-state index is 0.0619. The largest absolute Gasteiger partial charge is 0.481 e. The van der Waals surface area contributed by atoms with Crippen molar-refractivity contribution in [1.82, 2.24) is 4.90 Å². The van der Waals surface area contributed by atoms with Crippen molar-refractivity contribution < 1.29 is 15.0 Å². The van der Waals surface area contributed by atoms with Gasteiger partial charge in [0.2, 0.25) is 0 Å². The number of rotatable bonds is 5. The summed E-state index contributed by atoms with van der Waals surface area (Å²) < 4.78 is 0. The van der Waals surface area contributed by atoms with Gasteiger partial charge in [0.05, 0.1) is 11.5 Å². The molecule has 0 amide bonds. The third-order valence-corrected chi connectivity index (χ3v) is 4.48. The lowest BCUT2D eigenvalue weighted by molar-refractivity contribution is -0.160. The fraction of sp³-hybridized carbons (Fsp3) is 0.588. The van der Waals surface area contributed by atoms with Gasteiger partial charge in [-0.1, -0.05) is 44.2 Å². The summed E-state index contributed by atoms with van der Waals surface area (Å²) in [4.78, 5) is 13.7. The molecule has 2 rings (SSSR count). The van der Waals surface area contributed by atoms with Gasteiger partial charge < -0.3 is 10.2 Å².